The third-order valence-corrected chi connectivity index (χ3v) is 5.16. The number of likely N-dealkylation sites (tertiary alicyclic amines) is 1. The van der Waals surface area contributed by atoms with Crippen molar-refractivity contribution in [3.05, 3.63) is 46.4 Å². The number of carbonyl (C=O) groups excluding carboxylic acids is 1. The first-order valence-electron chi connectivity index (χ1n) is 9.73. The summed E-state index contributed by atoms with van der Waals surface area (Å²) in [6.45, 7) is 4.78. The highest BCUT2D eigenvalue weighted by molar-refractivity contribution is 5.75. The number of hydrogen-bond donors (Lipinski definition) is 2. The van der Waals surface area contributed by atoms with E-state index in [1.54, 1.807) is 0 Å². The standard InChI is InChI=1S/C20H27N5O2/c1-3-15-12-8-9-13-25(15)20(27)21-16(4-2)17-19(26)22-18(24-23-17)14-10-6-5-7-11-14/h5-7,10-11,15-16H,3-4,8-9,12-13H2,1-2H3,(H,21,27)(H,22,24,26). The second-order valence-corrected chi connectivity index (χ2v) is 6.92. The summed E-state index contributed by atoms with van der Waals surface area (Å²) in [6, 6.07) is 9.05. The number of nitrogens with one attached hydrogen (secondary N) is 2. The molecule has 2 unspecified atom stereocenters. The van der Waals surface area contributed by atoms with Gasteiger partial charge < -0.3 is 15.2 Å². The minimum atomic E-state index is -0.460. The fourth-order valence-corrected chi connectivity index (χ4v) is 3.59. The molecular formula is C20H27N5O2. The minimum absolute atomic E-state index is 0.123. The molecule has 1 aromatic heterocycles. The Balaban J connectivity index is 1.77. The van der Waals surface area contributed by atoms with Crippen molar-refractivity contribution in [3.63, 3.8) is 0 Å². The van der Waals surface area contributed by atoms with E-state index in [0.717, 1.165) is 37.8 Å². The van der Waals surface area contributed by atoms with E-state index in [1.807, 2.05) is 42.2 Å². The molecule has 1 aromatic carbocycles. The lowest BCUT2D eigenvalue weighted by Crippen LogP contribution is -2.49. The number of benzene rings is 1. The molecule has 7 heteroatoms. The van der Waals surface area contributed by atoms with Gasteiger partial charge in [0.05, 0.1) is 6.04 Å². The molecule has 0 aliphatic carbocycles. The molecule has 0 bridgehead atoms. The summed E-state index contributed by atoms with van der Waals surface area (Å²) in [5, 5.41) is 11.3. The number of hydrogen-bond acceptors (Lipinski definition) is 4. The van der Waals surface area contributed by atoms with Crippen LogP contribution in [0, 0.1) is 0 Å². The van der Waals surface area contributed by atoms with Crippen LogP contribution in [0.15, 0.2) is 35.1 Å². The summed E-state index contributed by atoms with van der Waals surface area (Å²) in [7, 11) is 0. The summed E-state index contributed by atoms with van der Waals surface area (Å²) < 4.78 is 0. The third kappa shape index (κ3) is 4.35. The van der Waals surface area contributed by atoms with Gasteiger partial charge in [0.25, 0.3) is 5.56 Å². The second-order valence-electron chi connectivity index (χ2n) is 6.92. The normalized spacial score (nSPS) is 18.1. The van der Waals surface area contributed by atoms with Crippen molar-refractivity contribution in [2.75, 3.05) is 6.54 Å². The fourth-order valence-electron chi connectivity index (χ4n) is 3.59. The smallest absolute Gasteiger partial charge is 0.318 e. The van der Waals surface area contributed by atoms with Crippen LogP contribution in [-0.4, -0.2) is 38.7 Å². The van der Waals surface area contributed by atoms with E-state index in [-0.39, 0.29) is 23.3 Å². The molecule has 0 saturated carbocycles. The Kier molecular flexibility index (Phi) is 6.21. The van der Waals surface area contributed by atoms with Crippen LogP contribution in [-0.2, 0) is 0 Å². The lowest BCUT2D eigenvalue weighted by molar-refractivity contribution is 0.145. The Hall–Kier alpha value is -2.70. The number of carbonyl (C=O) groups is 1. The van der Waals surface area contributed by atoms with Crippen LogP contribution < -0.4 is 10.9 Å². The zero-order chi connectivity index (χ0) is 19.2. The van der Waals surface area contributed by atoms with Gasteiger partial charge in [0.15, 0.2) is 11.5 Å². The molecule has 1 fully saturated rings. The Morgan fingerprint density at radius 3 is 2.70 bits per heavy atom. The van der Waals surface area contributed by atoms with Crippen LogP contribution in [0.1, 0.15) is 57.7 Å². The van der Waals surface area contributed by atoms with Gasteiger partial charge in [-0.15, -0.1) is 10.2 Å². The SMILES string of the molecule is CCC(NC(=O)N1CCCCC1CC)c1nnc(-c2ccccc2)[nH]c1=O. The summed E-state index contributed by atoms with van der Waals surface area (Å²) in [4.78, 5) is 30.0. The van der Waals surface area contributed by atoms with E-state index >= 15 is 0 Å². The average Bonchev–Trinajstić information content (AvgIpc) is 2.72. The van der Waals surface area contributed by atoms with Gasteiger partial charge in [-0.3, -0.25) is 4.79 Å². The molecule has 27 heavy (non-hydrogen) atoms. The van der Waals surface area contributed by atoms with Crippen molar-refractivity contribution >= 4 is 6.03 Å². The largest absolute Gasteiger partial charge is 0.329 e. The van der Waals surface area contributed by atoms with Crippen LogP contribution in [0.4, 0.5) is 4.79 Å². The topological polar surface area (TPSA) is 91.0 Å². The Morgan fingerprint density at radius 2 is 2.04 bits per heavy atom. The molecule has 2 heterocycles. The maximum Gasteiger partial charge on any atom is 0.318 e. The number of nitrogens with zero attached hydrogens (tertiary/aromatic N) is 3. The van der Waals surface area contributed by atoms with Gasteiger partial charge in [-0.2, -0.15) is 0 Å². The first kappa shape index (κ1) is 19.1. The monoisotopic (exact) mass is 369 g/mol. The van der Waals surface area contributed by atoms with Crippen molar-refractivity contribution in [1.82, 2.24) is 25.4 Å². The first-order valence-corrected chi connectivity index (χ1v) is 9.73. The molecule has 2 amide bonds. The molecule has 2 aromatic rings. The molecule has 1 saturated heterocycles. The summed E-state index contributed by atoms with van der Waals surface area (Å²) >= 11 is 0. The molecule has 2 N–H and O–H groups in total. The molecule has 7 nitrogen and oxygen atoms in total. The van der Waals surface area contributed by atoms with E-state index in [0.29, 0.717) is 12.2 Å². The number of aromatic amines is 1. The summed E-state index contributed by atoms with van der Waals surface area (Å²) in [5.41, 5.74) is 0.724. The predicted molar refractivity (Wildman–Crippen MR) is 104 cm³/mol. The quantitative estimate of drug-likeness (QED) is 0.846. The summed E-state index contributed by atoms with van der Waals surface area (Å²) in [5.74, 6) is 0.424. The highest BCUT2D eigenvalue weighted by Crippen LogP contribution is 2.21. The lowest BCUT2D eigenvalue weighted by atomic mass is 10.0. The molecular weight excluding hydrogens is 342 g/mol. The zero-order valence-electron chi connectivity index (χ0n) is 15.9. The predicted octanol–water partition coefficient (Wildman–Crippen LogP) is 3.26. The van der Waals surface area contributed by atoms with Gasteiger partial charge in [0.2, 0.25) is 0 Å². The molecule has 2 atom stereocenters. The number of urea groups is 1. The molecule has 0 spiro atoms. The highest BCUT2D eigenvalue weighted by Gasteiger charge is 2.28. The van der Waals surface area contributed by atoms with E-state index < -0.39 is 6.04 Å². The highest BCUT2D eigenvalue weighted by atomic mass is 16.2. The Labute approximate surface area is 159 Å². The van der Waals surface area contributed by atoms with E-state index in [9.17, 15) is 9.59 Å². The van der Waals surface area contributed by atoms with E-state index in [1.165, 1.54) is 0 Å². The molecule has 1 aliphatic rings. The second kappa shape index (κ2) is 8.79. The molecule has 1 aliphatic heterocycles. The number of aromatic nitrogens is 3. The van der Waals surface area contributed by atoms with Crippen molar-refractivity contribution in [1.29, 1.82) is 0 Å². The Bertz CT molecular complexity index is 821. The van der Waals surface area contributed by atoms with E-state index in [2.05, 4.69) is 27.4 Å². The number of amides is 2. The third-order valence-electron chi connectivity index (χ3n) is 5.16. The van der Waals surface area contributed by atoms with Gasteiger partial charge in [0.1, 0.15) is 0 Å². The maximum atomic E-state index is 12.8. The fraction of sp³-hybridized carbons (Fsp3) is 0.500. The zero-order valence-corrected chi connectivity index (χ0v) is 15.9. The maximum absolute atomic E-state index is 12.8. The summed E-state index contributed by atoms with van der Waals surface area (Å²) in [6.07, 6.45) is 4.72. The Morgan fingerprint density at radius 1 is 1.26 bits per heavy atom. The van der Waals surface area contributed by atoms with Gasteiger partial charge in [-0.1, -0.05) is 44.2 Å². The molecule has 3 rings (SSSR count). The van der Waals surface area contributed by atoms with Gasteiger partial charge >= 0.3 is 6.03 Å². The van der Waals surface area contributed by atoms with Crippen LogP contribution in [0.25, 0.3) is 11.4 Å². The van der Waals surface area contributed by atoms with E-state index in [4.69, 9.17) is 0 Å². The number of piperidine rings is 1. The van der Waals surface area contributed by atoms with Gasteiger partial charge in [-0.05, 0) is 32.1 Å². The van der Waals surface area contributed by atoms with Gasteiger partial charge in [-0.25, -0.2) is 4.79 Å². The minimum Gasteiger partial charge on any atom is -0.329 e. The number of rotatable bonds is 5. The lowest BCUT2D eigenvalue weighted by Gasteiger charge is -2.36. The van der Waals surface area contributed by atoms with Gasteiger partial charge in [0, 0.05) is 18.2 Å². The van der Waals surface area contributed by atoms with Crippen LogP contribution in [0.5, 0.6) is 0 Å². The van der Waals surface area contributed by atoms with Crippen LogP contribution in [0.3, 0.4) is 0 Å². The van der Waals surface area contributed by atoms with Crippen molar-refractivity contribution in [2.45, 2.75) is 58.0 Å². The first-order chi connectivity index (χ1) is 13.1. The van der Waals surface area contributed by atoms with Crippen LogP contribution in [0.2, 0.25) is 0 Å². The number of H-pyrrole nitrogens is 1. The molecule has 144 valence electrons. The van der Waals surface area contributed by atoms with Crippen molar-refractivity contribution in [2.24, 2.45) is 0 Å². The van der Waals surface area contributed by atoms with Crippen molar-refractivity contribution < 1.29 is 4.79 Å². The molecule has 0 radical (unpaired) electrons. The average molecular weight is 369 g/mol. The van der Waals surface area contributed by atoms with Crippen LogP contribution >= 0.6 is 0 Å². The van der Waals surface area contributed by atoms with Crippen molar-refractivity contribution in [3.8, 4) is 11.4 Å².